The highest BCUT2D eigenvalue weighted by Crippen LogP contribution is 2.46. The molecule has 0 saturated carbocycles. The second-order valence-corrected chi connectivity index (χ2v) is 5.41. The van der Waals surface area contributed by atoms with Crippen LogP contribution in [0, 0.1) is 5.82 Å². The maximum atomic E-state index is 13.2. The molecule has 0 radical (unpaired) electrons. The molecule has 0 unspecified atom stereocenters. The van der Waals surface area contributed by atoms with Gasteiger partial charge in [0.05, 0.1) is 7.11 Å². The van der Waals surface area contributed by atoms with Crippen LogP contribution in [0.1, 0.15) is 10.4 Å². The van der Waals surface area contributed by atoms with Crippen molar-refractivity contribution in [2.75, 3.05) is 12.0 Å². The highest BCUT2D eigenvalue weighted by atomic mass is 19.4. The predicted octanol–water partition coefficient (Wildman–Crippen LogP) is 3.84. The summed E-state index contributed by atoms with van der Waals surface area (Å²) in [6, 6.07) is 7.25. The van der Waals surface area contributed by atoms with Crippen molar-refractivity contribution < 1.29 is 27.1 Å². The molecule has 1 fully saturated rings. The molecule has 7 heteroatoms. The van der Waals surface area contributed by atoms with E-state index in [9.17, 15) is 22.4 Å². The Kier molecular flexibility index (Phi) is 3.95. The van der Waals surface area contributed by atoms with Crippen LogP contribution in [0.4, 0.5) is 23.2 Å². The number of hydrogen-bond acceptors (Lipinski definition) is 3. The molecule has 0 aliphatic carbocycles. The molecule has 0 aromatic heterocycles. The third kappa shape index (κ3) is 2.93. The molecule has 1 aliphatic heterocycles. The third-order valence-corrected chi connectivity index (χ3v) is 3.91. The molecular weight excluding hydrogens is 326 g/mol. The van der Waals surface area contributed by atoms with Gasteiger partial charge in [0.2, 0.25) is 0 Å². The Balaban J connectivity index is 1.89. The average Bonchev–Trinajstić information content (AvgIpc) is 3.31. The van der Waals surface area contributed by atoms with Crippen molar-refractivity contribution in [2.24, 2.45) is 0 Å². The van der Waals surface area contributed by atoms with Crippen molar-refractivity contribution in [2.45, 2.75) is 18.3 Å². The lowest BCUT2D eigenvalue weighted by molar-refractivity contribution is -0.127. The van der Waals surface area contributed by atoms with E-state index < -0.39 is 29.9 Å². The summed E-state index contributed by atoms with van der Waals surface area (Å²) in [5.74, 6) is -0.736. The van der Waals surface area contributed by atoms with Gasteiger partial charge in [-0.1, -0.05) is 0 Å². The molecule has 3 rings (SSSR count). The first-order valence-corrected chi connectivity index (χ1v) is 7.12. The maximum absolute atomic E-state index is 13.2. The predicted molar refractivity (Wildman–Crippen MR) is 79.8 cm³/mol. The van der Waals surface area contributed by atoms with Gasteiger partial charge in [-0.15, -0.1) is 0 Å². The van der Waals surface area contributed by atoms with Crippen LogP contribution < -0.4 is 9.64 Å². The number of halogens is 4. The Bertz CT molecular complexity index is 741. The van der Waals surface area contributed by atoms with Crippen molar-refractivity contribution in [3.05, 3.63) is 59.9 Å². The minimum Gasteiger partial charge on any atom is -0.497 e. The van der Waals surface area contributed by atoms with Crippen LogP contribution in [0.3, 0.4) is 0 Å². The molecule has 0 amide bonds. The highest BCUT2D eigenvalue weighted by Gasteiger charge is 2.66. The number of carbonyl (C=O) groups excluding carboxylic acids is 1. The SMILES string of the molecule is COc1ccc(N2[C@H](C(=O)c3ccc(F)cc3)[C@@H]2C(F)(F)F)cc1. The van der Waals surface area contributed by atoms with E-state index in [2.05, 4.69) is 0 Å². The van der Waals surface area contributed by atoms with Gasteiger partial charge in [0, 0.05) is 11.3 Å². The quantitative estimate of drug-likeness (QED) is 0.482. The first-order chi connectivity index (χ1) is 11.3. The van der Waals surface area contributed by atoms with E-state index in [-0.39, 0.29) is 11.3 Å². The summed E-state index contributed by atoms with van der Waals surface area (Å²) in [5.41, 5.74) is 0.324. The van der Waals surface area contributed by atoms with Gasteiger partial charge in [-0.2, -0.15) is 13.2 Å². The monoisotopic (exact) mass is 339 g/mol. The first kappa shape index (κ1) is 16.3. The number of methoxy groups -OCH3 is 1. The van der Waals surface area contributed by atoms with E-state index in [1.165, 1.54) is 43.5 Å². The topological polar surface area (TPSA) is 29.3 Å². The van der Waals surface area contributed by atoms with Gasteiger partial charge < -0.3 is 9.64 Å². The molecule has 2 aromatic carbocycles. The minimum atomic E-state index is -4.54. The Morgan fingerprint density at radius 1 is 1.04 bits per heavy atom. The zero-order valence-electron chi connectivity index (χ0n) is 12.5. The van der Waals surface area contributed by atoms with Gasteiger partial charge in [-0.3, -0.25) is 4.79 Å². The standard InChI is InChI=1S/C17H13F4NO2/c1-24-13-8-6-12(7-9-13)22-14(16(22)17(19,20)21)15(23)10-2-4-11(18)5-3-10/h2-9,14,16H,1H3/t14-,16-,22?/m1/s1. The van der Waals surface area contributed by atoms with Crippen molar-refractivity contribution in [3.63, 3.8) is 0 Å². The number of Topliss-reactive ketones (excluding diaryl/α,β-unsaturated/α-hetero) is 1. The normalized spacial score (nSPS) is 20.0. The summed E-state index contributed by atoms with van der Waals surface area (Å²) in [6.07, 6.45) is -4.54. The molecule has 2 aromatic rings. The van der Waals surface area contributed by atoms with Gasteiger partial charge in [0.1, 0.15) is 17.6 Å². The second kappa shape index (κ2) is 5.81. The number of benzene rings is 2. The first-order valence-electron chi connectivity index (χ1n) is 7.12. The van der Waals surface area contributed by atoms with Crippen LogP contribution in [-0.2, 0) is 0 Å². The van der Waals surface area contributed by atoms with Crippen LogP contribution >= 0.6 is 0 Å². The molecule has 1 heterocycles. The van der Waals surface area contributed by atoms with E-state index in [0.29, 0.717) is 5.75 Å². The summed E-state index contributed by atoms with van der Waals surface area (Å²) in [4.78, 5) is 13.4. The maximum Gasteiger partial charge on any atom is 0.411 e. The van der Waals surface area contributed by atoms with Gasteiger partial charge in [0.25, 0.3) is 0 Å². The smallest absolute Gasteiger partial charge is 0.411 e. The van der Waals surface area contributed by atoms with E-state index in [4.69, 9.17) is 4.74 Å². The van der Waals surface area contributed by atoms with Crippen LogP contribution in [0.15, 0.2) is 48.5 Å². The van der Waals surface area contributed by atoms with Gasteiger partial charge in [-0.05, 0) is 48.5 Å². The Hall–Kier alpha value is -2.57. The molecule has 0 spiro atoms. The number of nitrogens with zero attached hydrogens (tertiary/aromatic N) is 1. The number of anilines is 1. The van der Waals surface area contributed by atoms with Gasteiger partial charge in [-0.25, -0.2) is 4.39 Å². The van der Waals surface area contributed by atoms with Crippen LogP contribution in [-0.4, -0.2) is 31.2 Å². The van der Waals surface area contributed by atoms with Gasteiger partial charge in [0.15, 0.2) is 11.8 Å². The molecule has 3 nitrogen and oxygen atoms in total. The number of ketones is 1. The van der Waals surface area contributed by atoms with E-state index in [0.717, 1.165) is 17.0 Å². The molecular formula is C17H13F4NO2. The molecule has 126 valence electrons. The number of carbonyl (C=O) groups is 1. The fraction of sp³-hybridized carbons (Fsp3) is 0.235. The number of hydrogen-bond donors (Lipinski definition) is 0. The number of ether oxygens (including phenoxy) is 1. The molecule has 2 atom stereocenters. The van der Waals surface area contributed by atoms with Crippen molar-refractivity contribution in [3.8, 4) is 5.75 Å². The fourth-order valence-corrected chi connectivity index (χ4v) is 2.70. The lowest BCUT2D eigenvalue weighted by Gasteiger charge is -2.08. The summed E-state index contributed by atoms with van der Waals surface area (Å²) in [5, 5.41) is 0. The summed E-state index contributed by atoms with van der Waals surface area (Å²) in [7, 11) is 1.45. The second-order valence-electron chi connectivity index (χ2n) is 5.41. The van der Waals surface area contributed by atoms with Crippen molar-refractivity contribution in [1.82, 2.24) is 0 Å². The largest absolute Gasteiger partial charge is 0.497 e. The molecule has 24 heavy (non-hydrogen) atoms. The van der Waals surface area contributed by atoms with E-state index in [1.54, 1.807) is 0 Å². The summed E-state index contributed by atoms with van der Waals surface area (Å²) >= 11 is 0. The van der Waals surface area contributed by atoms with Crippen LogP contribution in [0.5, 0.6) is 5.75 Å². The van der Waals surface area contributed by atoms with Crippen LogP contribution in [0.2, 0.25) is 0 Å². The van der Waals surface area contributed by atoms with Crippen molar-refractivity contribution in [1.29, 1.82) is 0 Å². The molecule has 0 N–H and O–H groups in total. The summed E-state index contributed by atoms with van der Waals surface area (Å²) < 4.78 is 57.6. The van der Waals surface area contributed by atoms with Crippen molar-refractivity contribution >= 4 is 11.5 Å². The fourth-order valence-electron chi connectivity index (χ4n) is 2.70. The zero-order chi connectivity index (χ0) is 17.5. The van der Waals surface area contributed by atoms with E-state index in [1.807, 2.05) is 0 Å². The van der Waals surface area contributed by atoms with Crippen LogP contribution in [0.25, 0.3) is 0 Å². The number of alkyl halides is 3. The Morgan fingerprint density at radius 2 is 1.62 bits per heavy atom. The minimum absolute atomic E-state index is 0.0478. The highest BCUT2D eigenvalue weighted by molar-refractivity contribution is 6.06. The average molecular weight is 339 g/mol. The lowest BCUT2D eigenvalue weighted by Crippen LogP contribution is -2.23. The lowest BCUT2D eigenvalue weighted by atomic mass is 10.1. The molecule has 1 aliphatic rings. The molecule has 1 saturated heterocycles. The third-order valence-electron chi connectivity index (χ3n) is 3.91. The summed E-state index contributed by atoms with van der Waals surface area (Å²) in [6.45, 7) is 0. The zero-order valence-corrected chi connectivity index (χ0v) is 12.5. The Morgan fingerprint density at radius 3 is 2.12 bits per heavy atom. The Labute approximate surface area is 135 Å². The molecule has 0 bridgehead atoms. The van der Waals surface area contributed by atoms with Gasteiger partial charge >= 0.3 is 6.18 Å². The number of rotatable bonds is 4. The van der Waals surface area contributed by atoms with E-state index >= 15 is 0 Å².